The van der Waals surface area contributed by atoms with Gasteiger partial charge in [0.05, 0.1) is 0 Å². The number of rotatable bonds is 3. The molecule has 3 aromatic rings. The topological polar surface area (TPSA) is 38.1 Å². The average molecular weight is 331 g/mol. The van der Waals surface area contributed by atoms with E-state index in [-0.39, 0.29) is 5.91 Å². The lowest BCUT2D eigenvalue weighted by Crippen LogP contribution is -2.35. The van der Waals surface area contributed by atoms with E-state index in [1.807, 2.05) is 48.4 Å². The third-order valence-electron chi connectivity index (χ3n) is 4.90. The number of aryl methyl sites for hydroxylation is 1. The monoisotopic (exact) mass is 331 g/mol. The summed E-state index contributed by atoms with van der Waals surface area (Å²) in [6, 6.07) is 16.3. The third-order valence-corrected chi connectivity index (χ3v) is 4.90. The van der Waals surface area contributed by atoms with E-state index < -0.39 is 0 Å². The van der Waals surface area contributed by atoms with Gasteiger partial charge >= 0.3 is 0 Å². The predicted molar refractivity (Wildman–Crippen MR) is 97.4 cm³/mol. The number of aromatic nitrogens is 2. The average Bonchev–Trinajstić information content (AvgIpc) is 3.06. The standard InChI is InChI=1S/C21H21N3O/c1-16-22-11-13-23(16)14-17-6-8-19(9-7-17)21(25)24-12-10-18-4-2-3-5-20(18)15-24/h2-9,11,13H,10,12,14-15H2,1H3. The Hall–Kier alpha value is -2.88. The van der Waals surface area contributed by atoms with Crippen molar-refractivity contribution in [2.24, 2.45) is 0 Å². The van der Waals surface area contributed by atoms with Gasteiger partial charge in [0.15, 0.2) is 0 Å². The first-order valence-corrected chi connectivity index (χ1v) is 8.63. The molecule has 0 aliphatic carbocycles. The van der Waals surface area contributed by atoms with E-state index in [0.717, 1.165) is 30.9 Å². The van der Waals surface area contributed by atoms with Crippen LogP contribution in [0.2, 0.25) is 0 Å². The minimum absolute atomic E-state index is 0.111. The van der Waals surface area contributed by atoms with Crippen molar-refractivity contribution in [2.45, 2.75) is 26.4 Å². The maximum absolute atomic E-state index is 12.8. The van der Waals surface area contributed by atoms with E-state index >= 15 is 0 Å². The number of nitrogens with zero attached hydrogens (tertiary/aromatic N) is 3. The molecule has 4 nitrogen and oxygen atoms in total. The Balaban J connectivity index is 1.47. The van der Waals surface area contributed by atoms with Crippen LogP contribution in [-0.2, 0) is 19.5 Å². The highest BCUT2D eigenvalue weighted by Gasteiger charge is 2.21. The molecule has 2 heterocycles. The van der Waals surface area contributed by atoms with Gasteiger partial charge < -0.3 is 9.47 Å². The molecule has 1 aliphatic heterocycles. The molecule has 1 aliphatic rings. The molecule has 0 saturated carbocycles. The van der Waals surface area contributed by atoms with Gasteiger partial charge in [0.1, 0.15) is 5.82 Å². The first-order valence-electron chi connectivity index (χ1n) is 8.63. The number of hydrogen-bond acceptors (Lipinski definition) is 2. The summed E-state index contributed by atoms with van der Waals surface area (Å²) in [6.07, 6.45) is 4.71. The van der Waals surface area contributed by atoms with Crippen LogP contribution in [0.4, 0.5) is 0 Å². The number of benzene rings is 2. The van der Waals surface area contributed by atoms with E-state index in [1.54, 1.807) is 6.20 Å². The molecular formula is C21H21N3O. The summed E-state index contributed by atoms with van der Waals surface area (Å²) in [5, 5.41) is 0. The van der Waals surface area contributed by atoms with Crippen molar-refractivity contribution < 1.29 is 4.79 Å². The molecule has 0 unspecified atom stereocenters. The van der Waals surface area contributed by atoms with Crippen molar-refractivity contribution in [3.63, 3.8) is 0 Å². The van der Waals surface area contributed by atoms with Crippen LogP contribution in [0.15, 0.2) is 60.9 Å². The molecule has 0 bridgehead atoms. The van der Waals surface area contributed by atoms with Gasteiger partial charge in [0.2, 0.25) is 0 Å². The number of amides is 1. The fourth-order valence-corrected chi connectivity index (χ4v) is 3.37. The Kier molecular flexibility index (Phi) is 4.10. The molecule has 0 fully saturated rings. The summed E-state index contributed by atoms with van der Waals surface area (Å²) >= 11 is 0. The molecule has 0 spiro atoms. The highest BCUT2D eigenvalue weighted by atomic mass is 16.2. The Bertz CT molecular complexity index is 896. The summed E-state index contributed by atoms with van der Waals surface area (Å²) in [5.41, 5.74) is 4.54. The van der Waals surface area contributed by atoms with Crippen LogP contribution in [0.25, 0.3) is 0 Å². The lowest BCUT2D eigenvalue weighted by molar-refractivity contribution is 0.0734. The second-order valence-corrected chi connectivity index (χ2v) is 6.54. The minimum atomic E-state index is 0.111. The van der Waals surface area contributed by atoms with Gasteiger partial charge in [-0.1, -0.05) is 36.4 Å². The van der Waals surface area contributed by atoms with Crippen molar-refractivity contribution in [3.05, 3.63) is 89.0 Å². The van der Waals surface area contributed by atoms with Gasteiger partial charge in [-0.3, -0.25) is 4.79 Å². The van der Waals surface area contributed by atoms with Crippen LogP contribution in [0.5, 0.6) is 0 Å². The second-order valence-electron chi connectivity index (χ2n) is 6.54. The minimum Gasteiger partial charge on any atom is -0.334 e. The maximum Gasteiger partial charge on any atom is 0.254 e. The molecular weight excluding hydrogens is 310 g/mol. The molecule has 0 N–H and O–H groups in total. The van der Waals surface area contributed by atoms with E-state index in [9.17, 15) is 4.79 Å². The first kappa shape index (κ1) is 15.6. The summed E-state index contributed by atoms with van der Waals surface area (Å²) in [7, 11) is 0. The van der Waals surface area contributed by atoms with Gasteiger partial charge in [0.25, 0.3) is 5.91 Å². The molecule has 2 aromatic carbocycles. The Morgan fingerprint density at radius 3 is 2.56 bits per heavy atom. The molecule has 1 aromatic heterocycles. The zero-order valence-electron chi connectivity index (χ0n) is 14.4. The molecule has 126 valence electrons. The van der Waals surface area contributed by atoms with E-state index in [4.69, 9.17) is 0 Å². The van der Waals surface area contributed by atoms with Crippen LogP contribution in [0.1, 0.15) is 32.9 Å². The predicted octanol–water partition coefficient (Wildman–Crippen LogP) is 3.44. The fraction of sp³-hybridized carbons (Fsp3) is 0.238. The van der Waals surface area contributed by atoms with Crippen LogP contribution in [-0.4, -0.2) is 26.9 Å². The zero-order valence-corrected chi connectivity index (χ0v) is 14.4. The second kappa shape index (κ2) is 6.55. The van der Waals surface area contributed by atoms with Crippen molar-refractivity contribution in [2.75, 3.05) is 6.54 Å². The number of imidazole rings is 1. The lowest BCUT2D eigenvalue weighted by Gasteiger charge is -2.29. The van der Waals surface area contributed by atoms with Gasteiger partial charge in [-0.05, 0) is 42.2 Å². The van der Waals surface area contributed by atoms with Gasteiger partial charge in [-0.2, -0.15) is 0 Å². The van der Waals surface area contributed by atoms with Crippen molar-refractivity contribution >= 4 is 5.91 Å². The van der Waals surface area contributed by atoms with E-state index in [2.05, 4.69) is 27.8 Å². The van der Waals surface area contributed by atoms with E-state index in [1.165, 1.54) is 16.7 Å². The summed E-state index contributed by atoms with van der Waals surface area (Å²) in [6.45, 7) is 4.25. The summed E-state index contributed by atoms with van der Waals surface area (Å²) in [5.74, 6) is 1.10. The van der Waals surface area contributed by atoms with Gasteiger partial charge in [-0.25, -0.2) is 4.98 Å². The number of fused-ring (bicyclic) bond motifs is 1. The lowest BCUT2D eigenvalue weighted by atomic mass is 9.99. The zero-order chi connectivity index (χ0) is 17.2. The molecule has 25 heavy (non-hydrogen) atoms. The number of hydrogen-bond donors (Lipinski definition) is 0. The van der Waals surface area contributed by atoms with Gasteiger partial charge in [-0.15, -0.1) is 0 Å². The largest absolute Gasteiger partial charge is 0.334 e. The smallest absolute Gasteiger partial charge is 0.254 e. The Labute approximate surface area is 147 Å². The van der Waals surface area contributed by atoms with Crippen LogP contribution in [0, 0.1) is 6.92 Å². The number of carbonyl (C=O) groups excluding carboxylic acids is 1. The highest BCUT2D eigenvalue weighted by molar-refractivity contribution is 5.94. The van der Waals surface area contributed by atoms with Crippen molar-refractivity contribution in [3.8, 4) is 0 Å². The Morgan fingerprint density at radius 2 is 1.84 bits per heavy atom. The summed E-state index contributed by atoms with van der Waals surface area (Å²) < 4.78 is 2.10. The van der Waals surface area contributed by atoms with Crippen molar-refractivity contribution in [1.29, 1.82) is 0 Å². The first-order chi connectivity index (χ1) is 12.2. The molecule has 0 radical (unpaired) electrons. The number of carbonyl (C=O) groups is 1. The molecule has 1 amide bonds. The van der Waals surface area contributed by atoms with Crippen molar-refractivity contribution in [1.82, 2.24) is 14.5 Å². The molecule has 4 rings (SSSR count). The SMILES string of the molecule is Cc1nccn1Cc1ccc(C(=O)N2CCc3ccccc3C2)cc1. The highest BCUT2D eigenvalue weighted by Crippen LogP contribution is 2.20. The van der Waals surface area contributed by atoms with E-state index in [0.29, 0.717) is 6.54 Å². The maximum atomic E-state index is 12.8. The van der Waals surface area contributed by atoms with Crippen LogP contribution < -0.4 is 0 Å². The van der Waals surface area contributed by atoms with Gasteiger partial charge in [0, 0.05) is 37.6 Å². The fourth-order valence-electron chi connectivity index (χ4n) is 3.37. The quantitative estimate of drug-likeness (QED) is 0.737. The van der Waals surface area contributed by atoms with Crippen LogP contribution in [0.3, 0.4) is 0 Å². The normalized spacial score (nSPS) is 13.6. The molecule has 0 atom stereocenters. The molecule has 4 heteroatoms. The van der Waals surface area contributed by atoms with Crippen LogP contribution >= 0.6 is 0 Å². The third kappa shape index (κ3) is 3.20. The molecule has 0 saturated heterocycles. The Morgan fingerprint density at radius 1 is 1.08 bits per heavy atom. The summed E-state index contributed by atoms with van der Waals surface area (Å²) in [4.78, 5) is 19.0.